The van der Waals surface area contributed by atoms with Crippen LogP contribution in [0.4, 0.5) is 0 Å². The van der Waals surface area contributed by atoms with Gasteiger partial charge in [0.25, 0.3) is 0 Å². The van der Waals surface area contributed by atoms with Crippen LogP contribution >= 0.6 is 0 Å². The first-order valence-corrected chi connectivity index (χ1v) is 9.63. The maximum absolute atomic E-state index is 11.0. The van der Waals surface area contributed by atoms with Gasteiger partial charge in [-0.25, -0.2) is 0 Å². The smallest absolute Gasteiger partial charge is 0.156 e. The lowest BCUT2D eigenvalue weighted by Crippen LogP contribution is -2.58. The van der Waals surface area contributed by atoms with E-state index in [1.807, 2.05) is 13.0 Å². The van der Waals surface area contributed by atoms with Crippen LogP contribution in [0.25, 0.3) is 0 Å². The minimum absolute atomic E-state index is 0.000215. The van der Waals surface area contributed by atoms with E-state index < -0.39 is 23.2 Å². The average Bonchev–Trinajstić information content (AvgIpc) is 2.77. The Kier molecular flexibility index (Phi) is 3.74. The molecule has 4 rings (SSSR count). The Balaban J connectivity index is 1.77. The lowest BCUT2D eigenvalue weighted by Gasteiger charge is -2.59. The molecule has 0 aliphatic heterocycles. The van der Waals surface area contributed by atoms with E-state index >= 15 is 0 Å². The molecular weight excluding hydrogens is 316 g/mol. The summed E-state index contributed by atoms with van der Waals surface area (Å²) in [5, 5.41) is 42.6. The van der Waals surface area contributed by atoms with Gasteiger partial charge in [0.15, 0.2) is 5.60 Å². The number of aliphatic hydroxyl groups is 4. The quantitative estimate of drug-likeness (QED) is 0.397. The first-order chi connectivity index (χ1) is 11.7. The van der Waals surface area contributed by atoms with Crippen LogP contribution in [0.5, 0.6) is 0 Å². The molecule has 0 radical (unpaired) electrons. The van der Waals surface area contributed by atoms with Crippen LogP contribution in [0.15, 0.2) is 11.6 Å². The number of hydrogen-bond acceptors (Lipinski definition) is 4. The summed E-state index contributed by atoms with van der Waals surface area (Å²) >= 11 is 0. The Morgan fingerprint density at radius 2 is 1.84 bits per heavy atom. The minimum Gasteiger partial charge on any atom is -0.393 e. The Hall–Kier alpha value is -0.860. The second-order valence-electron chi connectivity index (χ2n) is 9.41. The number of terminal acetylenes is 1. The number of aliphatic hydroxyl groups excluding tert-OH is 3. The standard InChI is InChI=1S/C21H30O4/c1-4-21(25)17(24)11-15-18-14(6-8-20(15,21)3)19(2)7-5-13(22)9-12(19)10-16(18)23/h1,10,13-18,22-25H,5-9,11H2,2-3H3/t13-,14-,15-,16-,17+,18+,19-,20-,21-/m0/s1. The minimum atomic E-state index is -1.52. The van der Waals surface area contributed by atoms with Crippen LogP contribution in [0.2, 0.25) is 0 Å². The molecule has 4 N–H and O–H groups in total. The molecule has 25 heavy (non-hydrogen) atoms. The molecule has 0 aromatic carbocycles. The van der Waals surface area contributed by atoms with Crippen molar-refractivity contribution >= 4 is 0 Å². The Bertz CT molecular complexity index is 651. The highest BCUT2D eigenvalue weighted by Gasteiger charge is 2.68. The molecule has 4 aliphatic carbocycles. The summed E-state index contributed by atoms with van der Waals surface area (Å²) in [4.78, 5) is 0. The van der Waals surface area contributed by atoms with Gasteiger partial charge < -0.3 is 20.4 Å². The van der Waals surface area contributed by atoms with E-state index in [0.717, 1.165) is 25.7 Å². The molecule has 0 heterocycles. The van der Waals surface area contributed by atoms with Crippen molar-refractivity contribution in [2.24, 2.45) is 28.6 Å². The zero-order valence-corrected chi connectivity index (χ0v) is 15.2. The molecule has 3 fully saturated rings. The summed E-state index contributed by atoms with van der Waals surface area (Å²) in [6.45, 7) is 4.26. The monoisotopic (exact) mass is 346 g/mol. The second kappa shape index (κ2) is 5.33. The molecule has 0 unspecified atom stereocenters. The van der Waals surface area contributed by atoms with Gasteiger partial charge in [-0.1, -0.05) is 31.4 Å². The molecule has 0 saturated heterocycles. The molecule has 138 valence electrons. The highest BCUT2D eigenvalue weighted by molar-refractivity contribution is 5.32. The largest absolute Gasteiger partial charge is 0.393 e. The Labute approximate surface area is 150 Å². The average molecular weight is 346 g/mol. The number of fused-ring (bicyclic) bond motifs is 5. The van der Waals surface area contributed by atoms with Crippen LogP contribution in [0, 0.1) is 40.9 Å². The van der Waals surface area contributed by atoms with Gasteiger partial charge in [-0.3, -0.25) is 0 Å². The molecule has 4 aliphatic rings. The maximum atomic E-state index is 11.0. The SMILES string of the molecule is C#C[C@]1(O)[C@H](O)C[C@H]2[C@@H]3[C@@H](O)C=C4C[C@@H](O)CC[C@]4(C)[C@H]3CC[C@@]21C. The predicted molar refractivity (Wildman–Crippen MR) is 94.3 cm³/mol. The first kappa shape index (κ1) is 17.5. The zero-order chi connectivity index (χ0) is 18.2. The van der Waals surface area contributed by atoms with Gasteiger partial charge in [-0.2, -0.15) is 0 Å². The van der Waals surface area contributed by atoms with Crippen LogP contribution in [0.3, 0.4) is 0 Å². The molecule has 4 heteroatoms. The maximum Gasteiger partial charge on any atom is 0.156 e. The highest BCUT2D eigenvalue weighted by Crippen LogP contribution is 2.66. The summed E-state index contributed by atoms with van der Waals surface area (Å²) in [6.07, 6.45) is 10.2. The number of hydrogen-bond donors (Lipinski definition) is 4. The molecule has 0 amide bonds. The fraction of sp³-hybridized carbons (Fsp3) is 0.810. The molecule has 0 aromatic rings. The summed E-state index contributed by atoms with van der Waals surface area (Å²) < 4.78 is 0. The van der Waals surface area contributed by atoms with Gasteiger partial charge in [-0.15, -0.1) is 6.42 Å². The van der Waals surface area contributed by atoms with E-state index in [0.29, 0.717) is 18.8 Å². The van der Waals surface area contributed by atoms with Crippen molar-refractivity contribution in [2.45, 2.75) is 76.3 Å². The van der Waals surface area contributed by atoms with Gasteiger partial charge in [0.1, 0.15) is 0 Å². The van der Waals surface area contributed by atoms with E-state index in [1.54, 1.807) is 0 Å². The second-order valence-corrected chi connectivity index (χ2v) is 9.41. The molecule has 9 atom stereocenters. The van der Waals surface area contributed by atoms with E-state index in [1.165, 1.54) is 5.57 Å². The van der Waals surface area contributed by atoms with Crippen molar-refractivity contribution in [3.8, 4) is 12.3 Å². The van der Waals surface area contributed by atoms with E-state index in [-0.39, 0.29) is 23.4 Å². The van der Waals surface area contributed by atoms with Crippen molar-refractivity contribution < 1.29 is 20.4 Å². The van der Waals surface area contributed by atoms with Gasteiger partial charge in [0.05, 0.1) is 18.3 Å². The van der Waals surface area contributed by atoms with Gasteiger partial charge >= 0.3 is 0 Å². The molecule has 0 aromatic heterocycles. The molecule has 0 spiro atoms. The fourth-order valence-corrected chi connectivity index (χ4v) is 6.92. The van der Waals surface area contributed by atoms with Gasteiger partial charge in [-0.05, 0) is 61.7 Å². The van der Waals surface area contributed by atoms with E-state index in [2.05, 4.69) is 12.8 Å². The normalized spacial score (nSPS) is 57.7. The third kappa shape index (κ3) is 2.04. The van der Waals surface area contributed by atoms with Gasteiger partial charge in [0, 0.05) is 5.41 Å². The molecule has 3 saturated carbocycles. The summed E-state index contributed by atoms with van der Waals surface area (Å²) in [5.41, 5.74) is -0.907. The zero-order valence-electron chi connectivity index (χ0n) is 15.2. The van der Waals surface area contributed by atoms with Crippen molar-refractivity contribution in [3.63, 3.8) is 0 Å². The lowest BCUT2D eigenvalue weighted by atomic mass is 9.46. The van der Waals surface area contributed by atoms with E-state index in [9.17, 15) is 20.4 Å². The Morgan fingerprint density at radius 1 is 1.12 bits per heavy atom. The van der Waals surface area contributed by atoms with Crippen LogP contribution < -0.4 is 0 Å². The first-order valence-electron chi connectivity index (χ1n) is 9.63. The third-order valence-corrected chi connectivity index (χ3v) is 8.54. The molecular formula is C21H30O4. The molecule has 0 bridgehead atoms. The summed E-state index contributed by atoms with van der Waals surface area (Å²) in [5.74, 6) is 2.79. The highest BCUT2D eigenvalue weighted by atomic mass is 16.3. The summed E-state index contributed by atoms with van der Waals surface area (Å²) in [6, 6.07) is 0. The predicted octanol–water partition coefficient (Wildman–Crippen LogP) is 1.62. The van der Waals surface area contributed by atoms with Crippen molar-refractivity contribution in [1.29, 1.82) is 0 Å². The van der Waals surface area contributed by atoms with E-state index in [4.69, 9.17) is 6.42 Å². The van der Waals surface area contributed by atoms with Crippen molar-refractivity contribution in [1.82, 2.24) is 0 Å². The van der Waals surface area contributed by atoms with Crippen LogP contribution in [-0.2, 0) is 0 Å². The number of rotatable bonds is 0. The summed E-state index contributed by atoms with van der Waals surface area (Å²) in [7, 11) is 0. The Morgan fingerprint density at radius 3 is 2.52 bits per heavy atom. The third-order valence-electron chi connectivity index (χ3n) is 8.54. The van der Waals surface area contributed by atoms with Gasteiger partial charge in [0.2, 0.25) is 0 Å². The lowest BCUT2D eigenvalue weighted by molar-refractivity contribution is -0.135. The fourth-order valence-electron chi connectivity index (χ4n) is 6.92. The van der Waals surface area contributed by atoms with Crippen molar-refractivity contribution in [2.75, 3.05) is 0 Å². The molecule has 4 nitrogen and oxygen atoms in total. The van der Waals surface area contributed by atoms with Crippen LogP contribution in [0.1, 0.15) is 52.4 Å². The topological polar surface area (TPSA) is 80.9 Å². The van der Waals surface area contributed by atoms with Crippen molar-refractivity contribution in [3.05, 3.63) is 11.6 Å². The van der Waals surface area contributed by atoms with Crippen LogP contribution in [-0.4, -0.2) is 44.3 Å².